The molecule has 0 aliphatic carbocycles. The number of ether oxygens (including phenoxy) is 1. The molecule has 0 bridgehead atoms. The van der Waals surface area contributed by atoms with Crippen molar-refractivity contribution in [1.82, 2.24) is 4.90 Å². The number of hydrogen-bond acceptors (Lipinski definition) is 4. The summed E-state index contributed by atoms with van der Waals surface area (Å²) in [6.07, 6.45) is 0. The predicted molar refractivity (Wildman–Crippen MR) is 133 cm³/mol. The second-order valence-corrected chi connectivity index (χ2v) is 8.97. The molecule has 34 heavy (non-hydrogen) atoms. The van der Waals surface area contributed by atoms with Crippen molar-refractivity contribution in [2.24, 2.45) is 0 Å². The maximum Gasteiger partial charge on any atom is 0.291 e. The van der Waals surface area contributed by atoms with Gasteiger partial charge in [-0.15, -0.1) is 0 Å². The molecule has 1 amide bonds. The van der Waals surface area contributed by atoms with E-state index in [1.807, 2.05) is 75.4 Å². The zero-order valence-electron chi connectivity index (χ0n) is 19.2. The summed E-state index contributed by atoms with van der Waals surface area (Å²) in [5, 5.41) is 1.05. The number of aryl methyl sites for hydroxylation is 2. The third-order valence-electron chi connectivity index (χ3n) is 6.20. The van der Waals surface area contributed by atoms with Crippen LogP contribution in [0.25, 0.3) is 11.0 Å². The van der Waals surface area contributed by atoms with Gasteiger partial charge < -0.3 is 14.1 Å². The zero-order valence-corrected chi connectivity index (χ0v) is 20.0. The molecule has 5 rings (SSSR count). The molecule has 1 atom stereocenters. The largest absolute Gasteiger partial charge is 0.494 e. The van der Waals surface area contributed by atoms with Crippen LogP contribution < -0.4 is 10.2 Å². The lowest BCUT2D eigenvalue weighted by molar-refractivity contribution is 0.0714. The summed E-state index contributed by atoms with van der Waals surface area (Å²) < 4.78 is 11.7. The van der Waals surface area contributed by atoms with E-state index in [4.69, 9.17) is 20.8 Å². The van der Waals surface area contributed by atoms with E-state index in [0.717, 1.165) is 28.0 Å². The van der Waals surface area contributed by atoms with E-state index in [1.165, 1.54) is 0 Å². The fourth-order valence-corrected chi connectivity index (χ4v) is 4.90. The van der Waals surface area contributed by atoms with Crippen molar-refractivity contribution in [2.75, 3.05) is 6.61 Å². The SMILES string of the molecule is CCOc1ccc(C2c3c(oc4c(C)cc(C)cc4c3=O)C(=O)N2Cc2ccccc2Cl)cc1. The molecule has 2 heterocycles. The van der Waals surface area contributed by atoms with Crippen molar-refractivity contribution in [3.8, 4) is 5.75 Å². The fourth-order valence-electron chi connectivity index (χ4n) is 4.71. The lowest BCUT2D eigenvalue weighted by Crippen LogP contribution is -2.29. The first-order valence-electron chi connectivity index (χ1n) is 11.2. The highest BCUT2D eigenvalue weighted by Gasteiger charge is 2.43. The van der Waals surface area contributed by atoms with Crippen LogP contribution >= 0.6 is 11.6 Å². The lowest BCUT2D eigenvalue weighted by atomic mass is 9.97. The molecule has 5 nitrogen and oxygen atoms in total. The van der Waals surface area contributed by atoms with Gasteiger partial charge in [-0.3, -0.25) is 9.59 Å². The van der Waals surface area contributed by atoms with Crippen LogP contribution in [0.15, 0.2) is 69.9 Å². The second kappa shape index (κ2) is 8.65. The predicted octanol–water partition coefficient (Wildman–Crippen LogP) is 6.21. The number of nitrogens with zero attached hydrogens (tertiary/aromatic N) is 1. The average molecular weight is 474 g/mol. The molecule has 4 aromatic rings. The Balaban J connectivity index is 1.72. The van der Waals surface area contributed by atoms with Gasteiger partial charge >= 0.3 is 0 Å². The highest BCUT2D eigenvalue weighted by atomic mass is 35.5. The third kappa shape index (κ3) is 3.66. The van der Waals surface area contributed by atoms with Gasteiger partial charge in [-0.25, -0.2) is 0 Å². The summed E-state index contributed by atoms with van der Waals surface area (Å²) in [6.45, 7) is 6.55. The van der Waals surface area contributed by atoms with Gasteiger partial charge in [0.2, 0.25) is 5.76 Å². The molecular weight excluding hydrogens is 450 g/mol. The van der Waals surface area contributed by atoms with Crippen LogP contribution in [0, 0.1) is 13.8 Å². The van der Waals surface area contributed by atoms with E-state index in [2.05, 4.69) is 0 Å². The molecule has 0 N–H and O–H groups in total. The lowest BCUT2D eigenvalue weighted by Gasteiger charge is -2.25. The number of benzene rings is 3. The quantitative estimate of drug-likeness (QED) is 0.346. The first kappa shape index (κ1) is 22.2. The smallest absolute Gasteiger partial charge is 0.291 e. The van der Waals surface area contributed by atoms with Gasteiger partial charge in [0.1, 0.15) is 11.3 Å². The van der Waals surface area contributed by atoms with Gasteiger partial charge in [0.15, 0.2) is 5.43 Å². The summed E-state index contributed by atoms with van der Waals surface area (Å²) in [7, 11) is 0. The van der Waals surface area contributed by atoms with Crippen LogP contribution in [0.3, 0.4) is 0 Å². The van der Waals surface area contributed by atoms with Crippen LogP contribution in [0.1, 0.15) is 51.3 Å². The molecule has 3 aromatic carbocycles. The maximum atomic E-state index is 13.8. The number of amides is 1. The maximum absolute atomic E-state index is 13.8. The normalized spacial score (nSPS) is 15.1. The summed E-state index contributed by atoms with van der Waals surface area (Å²) in [5.41, 5.74) is 4.02. The first-order valence-corrected chi connectivity index (χ1v) is 11.6. The van der Waals surface area contributed by atoms with Crippen molar-refractivity contribution >= 4 is 28.5 Å². The van der Waals surface area contributed by atoms with Crippen molar-refractivity contribution in [1.29, 1.82) is 0 Å². The summed E-state index contributed by atoms with van der Waals surface area (Å²) >= 11 is 6.43. The molecule has 1 aliphatic heterocycles. The molecule has 0 saturated carbocycles. The Hall–Kier alpha value is -3.57. The summed E-state index contributed by atoms with van der Waals surface area (Å²) in [4.78, 5) is 29.1. The molecule has 0 radical (unpaired) electrons. The molecule has 1 aromatic heterocycles. The zero-order chi connectivity index (χ0) is 24.0. The summed E-state index contributed by atoms with van der Waals surface area (Å²) in [5.74, 6) is 0.494. The van der Waals surface area contributed by atoms with E-state index in [1.54, 1.807) is 11.0 Å². The Bertz CT molecular complexity index is 1470. The Morgan fingerprint density at radius 1 is 1.03 bits per heavy atom. The molecule has 0 spiro atoms. The Labute approximate surface area is 202 Å². The number of fused-ring (bicyclic) bond motifs is 2. The van der Waals surface area contributed by atoms with Crippen LogP contribution in [-0.4, -0.2) is 17.4 Å². The first-order chi connectivity index (χ1) is 16.4. The monoisotopic (exact) mass is 473 g/mol. The van der Waals surface area contributed by atoms with Crippen LogP contribution in [-0.2, 0) is 6.54 Å². The van der Waals surface area contributed by atoms with Gasteiger partial charge in [-0.05, 0) is 67.3 Å². The van der Waals surface area contributed by atoms with E-state index < -0.39 is 6.04 Å². The van der Waals surface area contributed by atoms with E-state index in [9.17, 15) is 9.59 Å². The van der Waals surface area contributed by atoms with Crippen molar-refractivity contribution in [2.45, 2.75) is 33.4 Å². The van der Waals surface area contributed by atoms with Gasteiger partial charge in [0.05, 0.1) is 23.6 Å². The highest BCUT2D eigenvalue weighted by molar-refractivity contribution is 6.31. The van der Waals surface area contributed by atoms with E-state index in [-0.39, 0.29) is 23.6 Å². The van der Waals surface area contributed by atoms with Gasteiger partial charge in [0, 0.05) is 11.6 Å². The minimum atomic E-state index is -0.601. The molecular formula is C28H24ClNO4. The molecule has 0 fully saturated rings. The van der Waals surface area contributed by atoms with E-state index in [0.29, 0.717) is 28.2 Å². The Morgan fingerprint density at radius 3 is 2.47 bits per heavy atom. The number of rotatable bonds is 5. The average Bonchev–Trinajstić information content (AvgIpc) is 3.09. The Morgan fingerprint density at radius 2 is 1.76 bits per heavy atom. The van der Waals surface area contributed by atoms with Gasteiger partial charge in [-0.2, -0.15) is 0 Å². The van der Waals surface area contributed by atoms with Gasteiger partial charge in [0.25, 0.3) is 5.91 Å². The van der Waals surface area contributed by atoms with Crippen molar-refractivity contribution in [3.63, 3.8) is 0 Å². The third-order valence-corrected chi connectivity index (χ3v) is 6.57. The standard InChI is InChI=1S/C28H24ClNO4/c1-4-33-20-11-9-18(10-12-20)24-23-25(31)21-14-16(2)13-17(3)26(21)34-27(23)28(32)30(24)15-19-7-5-6-8-22(19)29/h5-14,24H,4,15H2,1-3H3. The molecule has 6 heteroatoms. The van der Waals surface area contributed by atoms with Gasteiger partial charge in [-0.1, -0.05) is 48.0 Å². The van der Waals surface area contributed by atoms with Crippen molar-refractivity contribution < 1.29 is 13.9 Å². The summed E-state index contributed by atoms with van der Waals surface area (Å²) in [6, 6.07) is 18.1. The minimum Gasteiger partial charge on any atom is -0.494 e. The molecule has 172 valence electrons. The second-order valence-electron chi connectivity index (χ2n) is 8.56. The number of hydrogen-bond donors (Lipinski definition) is 0. The van der Waals surface area contributed by atoms with Crippen LogP contribution in [0.5, 0.6) is 5.75 Å². The Kier molecular flexibility index (Phi) is 5.66. The van der Waals surface area contributed by atoms with Crippen LogP contribution in [0.2, 0.25) is 5.02 Å². The van der Waals surface area contributed by atoms with E-state index >= 15 is 0 Å². The highest BCUT2D eigenvalue weighted by Crippen LogP contribution is 2.40. The fraction of sp³-hybridized carbons (Fsp3) is 0.214. The molecule has 1 aliphatic rings. The topological polar surface area (TPSA) is 59.8 Å². The minimum absolute atomic E-state index is 0.0930. The number of carbonyl (C=O) groups is 1. The van der Waals surface area contributed by atoms with Crippen LogP contribution in [0.4, 0.5) is 0 Å². The number of halogens is 1. The van der Waals surface area contributed by atoms with Crippen molar-refractivity contribution in [3.05, 3.63) is 109 Å². The molecule has 1 unspecified atom stereocenters. The number of carbonyl (C=O) groups excluding carboxylic acids is 1. The molecule has 0 saturated heterocycles.